The van der Waals surface area contributed by atoms with E-state index in [4.69, 9.17) is 9.47 Å². The van der Waals surface area contributed by atoms with Crippen LogP contribution in [0, 0.1) is 5.82 Å². The zero-order valence-electron chi connectivity index (χ0n) is 15.6. The van der Waals surface area contributed by atoms with Gasteiger partial charge in [-0.2, -0.15) is 0 Å². The molecule has 0 spiro atoms. The Morgan fingerprint density at radius 1 is 1.11 bits per heavy atom. The topological polar surface area (TPSA) is 41.9 Å². The Balaban J connectivity index is 1.57. The van der Waals surface area contributed by atoms with E-state index in [-0.39, 0.29) is 12.1 Å². The molecule has 27 heavy (non-hydrogen) atoms. The molecule has 3 rings (SSSR count). The van der Waals surface area contributed by atoms with Crippen LogP contribution in [0.1, 0.15) is 36.5 Å². The molecule has 2 aromatic rings. The van der Waals surface area contributed by atoms with E-state index < -0.39 is 6.10 Å². The van der Waals surface area contributed by atoms with Gasteiger partial charge in [-0.3, -0.25) is 4.90 Å². The lowest BCUT2D eigenvalue weighted by Crippen LogP contribution is -2.33. The molecule has 0 aromatic heterocycles. The second kappa shape index (κ2) is 10.5. The first kappa shape index (κ1) is 20.0. The summed E-state index contributed by atoms with van der Waals surface area (Å²) in [6.07, 6.45) is 2.39. The Morgan fingerprint density at radius 2 is 1.89 bits per heavy atom. The van der Waals surface area contributed by atoms with Crippen LogP contribution in [0.4, 0.5) is 4.39 Å². The number of aliphatic hydroxyl groups is 1. The SMILES string of the molecule is OC(CN(CCOC1CCCCO1)Cc1ccccc1)c1ccc(F)cc1. The Bertz CT molecular complexity index is 659. The molecule has 1 N–H and O–H groups in total. The average Bonchev–Trinajstić information content (AvgIpc) is 2.70. The lowest BCUT2D eigenvalue weighted by atomic mass is 10.1. The second-order valence-corrected chi connectivity index (χ2v) is 6.95. The third-order valence-corrected chi connectivity index (χ3v) is 4.78. The molecule has 2 unspecified atom stereocenters. The monoisotopic (exact) mass is 373 g/mol. The van der Waals surface area contributed by atoms with Crippen LogP contribution in [0.5, 0.6) is 0 Å². The Hall–Kier alpha value is -1.79. The van der Waals surface area contributed by atoms with Crippen molar-refractivity contribution < 1.29 is 19.0 Å². The first-order valence-corrected chi connectivity index (χ1v) is 9.64. The van der Waals surface area contributed by atoms with Crippen LogP contribution in [0.25, 0.3) is 0 Å². The van der Waals surface area contributed by atoms with Gasteiger partial charge in [0.05, 0.1) is 12.7 Å². The molecule has 2 atom stereocenters. The van der Waals surface area contributed by atoms with E-state index in [1.165, 1.54) is 17.7 Å². The predicted molar refractivity (Wildman–Crippen MR) is 103 cm³/mol. The van der Waals surface area contributed by atoms with E-state index in [0.717, 1.165) is 25.9 Å². The fourth-order valence-corrected chi connectivity index (χ4v) is 3.27. The molecule has 146 valence electrons. The maximum absolute atomic E-state index is 13.1. The highest BCUT2D eigenvalue weighted by atomic mass is 19.1. The largest absolute Gasteiger partial charge is 0.387 e. The summed E-state index contributed by atoms with van der Waals surface area (Å²) in [5.74, 6) is -0.298. The highest BCUT2D eigenvalue weighted by Crippen LogP contribution is 2.17. The molecule has 1 aliphatic rings. The van der Waals surface area contributed by atoms with Gasteiger partial charge in [0.25, 0.3) is 0 Å². The summed E-state index contributed by atoms with van der Waals surface area (Å²) in [5.41, 5.74) is 1.89. The van der Waals surface area contributed by atoms with Crippen LogP contribution >= 0.6 is 0 Å². The lowest BCUT2D eigenvalue weighted by Gasteiger charge is -2.27. The summed E-state index contributed by atoms with van der Waals surface area (Å²) >= 11 is 0. The van der Waals surface area contributed by atoms with E-state index in [2.05, 4.69) is 17.0 Å². The fourth-order valence-electron chi connectivity index (χ4n) is 3.27. The normalized spacial score (nSPS) is 18.6. The van der Waals surface area contributed by atoms with Crippen molar-refractivity contribution in [2.45, 2.75) is 38.2 Å². The molecule has 1 heterocycles. The minimum Gasteiger partial charge on any atom is -0.387 e. The second-order valence-electron chi connectivity index (χ2n) is 6.95. The van der Waals surface area contributed by atoms with Crippen molar-refractivity contribution in [1.82, 2.24) is 4.90 Å². The van der Waals surface area contributed by atoms with Crippen LogP contribution in [0.2, 0.25) is 0 Å². The molecule has 2 aromatic carbocycles. The highest BCUT2D eigenvalue weighted by Gasteiger charge is 2.17. The number of ether oxygens (including phenoxy) is 2. The maximum Gasteiger partial charge on any atom is 0.157 e. The molecule has 0 aliphatic carbocycles. The molecule has 4 nitrogen and oxygen atoms in total. The summed E-state index contributed by atoms with van der Waals surface area (Å²) in [4.78, 5) is 2.16. The predicted octanol–water partition coefficient (Wildman–Crippen LogP) is 3.90. The van der Waals surface area contributed by atoms with Crippen molar-refractivity contribution in [2.75, 3.05) is 26.3 Å². The van der Waals surface area contributed by atoms with Gasteiger partial charge in [0.2, 0.25) is 0 Å². The fraction of sp³-hybridized carbons (Fsp3) is 0.455. The quantitative estimate of drug-likeness (QED) is 0.724. The van der Waals surface area contributed by atoms with Crippen LogP contribution < -0.4 is 0 Å². The number of nitrogens with zero attached hydrogens (tertiary/aromatic N) is 1. The van der Waals surface area contributed by atoms with Gasteiger partial charge in [0.1, 0.15) is 5.82 Å². The van der Waals surface area contributed by atoms with E-state index in [1.807, 2.05) is 18.2 Å². The molecule has 5 heteroatoms. The zero-order valence-corrected chi connectivity index (χ0v) is 15.6. The van der Waals surface area contributed by atoms with Crippen molar-refractivity contribution in [3.8, 4) is 0 Å². The molecule has 0 bridgehead atoms. The van der Waals surface area contributed by atoms with Crippen LogP contribution in [-0.4, -0.2) is 42.6 Å². The van der Waals surface area contributed by atoms with Gasteiger partial charge >= 0.3 is 0 Å². The van der Waals surface area contributed by atoms with Crippen LogP contribution in [0.15, 0.2) is 54.6 Å². The third-order valence-electron chi connectivity index (χ3n) is 4.78. The Labute approximate surface area is 160 Å². The van der Waals surface area contributed by atoms with Gasteiger partial charge in [-0.05, 0) is 42.5 Å². The van der Waals surface area contributed by atoms with Crippen molar-refractivity contribution in [2.24, 2.45) is 0 Å². The molecular formula is C22H28FNO3. The van der Waals surface area contributed by atoms with E-state index in [9.17, 15) is 9.50 Å². The van der Waals surface area contributed by atoms with Gasteiger partial charge in [0.15, 0.2) is 6.29 Å². The van der Waals surface area contributed by atoms with Crippen molar-refractivity contribution in [3.63, 3.8) is 0 Å². The van der Waals surface area contributed by atoms with Crippen molar-refractivity contribution in [1.29, 1.82) is 0 Å². The average molecular weight is 373 g/mol. The molecule has 0 saturated carbocycles. The molecule has 1 fully saturated rings. The number of halogens is 1. The molecule has 0 radical (unpaired) electrons. The van der Waals surface area contributed by atoms with Gasteiger partial charge in [-0.25, -0.2) is 4.39 Å². The third kappa shape index (κ3) is 6.70. The number of hydrogen-bond donors (Lipinski definition) is 1. The van der Waals surface area contributed by atoms with Gasteiger partial charge in [0, 0.05) is 26.2 Å². The Morgan fingerprint density at radius 3 is 2.59 bits per heavy atom. The first-order valence-electron chi connectivity index (χ1n) is 9.64. The minimum atomic E-state index is -0.680. The molecule has 0 amide bonds. The molecular weight excluding hydrogens is 345 g/mol. The summed E-state index contributed by atoms with van der Waals surface area (Å²) < 4.78 is 24.6. The van der Waals surface area contributed by atoms with E-state index >= 15 is 0 Å². The first-order chi connectivity index (χ1) is 13.2. The van der Waals surface area contributed by atoms with Gasteiger partial charge in [-0.1, -0.05) is 42.5 Å². The summed E-state index contributed by atoms with van der Waals surface area (Å²) in [6, 6.07) is 16.2. The number of hydrogen-bond acceptors (Lipinski definition) is 4. The van der Waals surface area contributed by atoms with E-state index in [0.29, 0.717) is 31.8 Å². The smallest absolute Gasteiger partial charge is 0.157 e. The summed E-state index contributed by atoms with van der Waals surface area (Å²) in [5, 5.41) is 10.6. The lowest BCUT2D eigenvalue weighted by molar-refractivity contribution is -0.164. The summed E-state index contributed by atoms with van der Waals surface area (Å²) in [6.45, 7) is 3.17. The van der Waals surface area contributed by atoms with E-state index in [1.54, 1.807) is 12.1 Å². The zero-order chi connectivity index (χ0) is 18.9. The minimum absolute atomic E-state index is 0.112. The van der Waals surface area contributed by atoms with Gasteiger partial charge < -0.3 is 14.6 Å². The molecule has 1 saturated heterocycles. The standard InChI is InChI=1S/C22H28FNO3/c23-20-11-9-19(10-12-20)21(25)17-24(16-18-6-2-1-3-7-18)13-15-27-22-8-4-5-14-26-22/h1-3,6-7,9-12,21-22,25H,4-5,8,13-17H2. The summed E-state index contributed by atoms with van der Waals surface area (Å²) in [7, 11) is 0. The highest BCUT2D eigenvalue weighted by molar-refractivity contribution is 5.19. The number of benzene rings is 2. The van der Waals surface area contributed by atoms with Crippen LogP contribution in [0.3, 0.4) is 0 Å². The number of rotatable bonds is 9. The van der Waals surface area contributed by atoms with Crippen molar-refractivity contribution in [3.05, 3.63) is 71.5 Å². The van der Waals surface area contributed by atoms with Crippen molar-refractivity contribution >= 4 is 0 Å². The van der Waals surface area contributed by atoms with Gasteiger partial charge in [-0.15, -0.1) is 0 Å². The van der Waals surface area contributed by atoms with Crippen LogP contribution in [-0.2, 0) is 16.0 Å². The maximum atomic E-state index is 13.1. The molecule has 1 aliphatic heterocycles. The Kier molecular flexibility index (Phi) is 7.78. The number of aliphatic hydroxyl groups excluding tert-OH is 1.